The number of hydrogen-bond donors (Lipinski definition) is 3. The van der Waals surface area contributed by atoms with Crippen molar-refractivity contribution < 1.29 is 24.5 Å². The third kappa shape index (κ3) is 5.37. The molecule has 8 heteroatoms. The molecule has 1 aromatic heterocycles. The minimum absolute atomic E-state index is 0.148. The minimum atomic E-state index is -0.678. The SMILES string of the molecule is CCC(CO)(CO)COc1ccc([C@H]2c3[nH]c4ccc(Cl)cc4c3CCN2C(=O)OCC2CCCC2)cc1. The fourth-order valence-electron chi connectivity index (χ4n) is 5.70. The number of hydrogen-bond acceptors (Lipinski definition) is 5. The lowest BCUT2D eigenvalue weighted by Crippen LogP contribution is -2.41. The smallest absolute Gasteiger partial charge is 0.410 e. The lowest BCUT2D eigenvalue weighted by Gasteiger charge is -2.35. The second kappa shape index (κ2) is 11.6. The molecule has 1 fully saturated rings. The number of carbonyl (C=O) groups is 1. The first-order valence-electron chi connectivity index (χ1n) is 13.6. The van der Waals surface area contributed by atoms with Crippen LogP contribution in [0.15, 0.2) is 42.5 Å². The Morgan fingerprint density at radius 3 is 2.55 bits per heavy atom. The summed E-state index contributed by atoms with van der Waals surface area (Å²) in [7, 11) is 0. The van der Waals surface area contributed by atoms with Crippen LogP contribution in [0.4, 0.5) is 4.79 Å². The predicted octanol–water partition coefficient (Wildman–Crippen LogP) is 5.86. The fourth-order valence-corrected chi connectivity index (χ4v) is 5.87. The van der Waals surface area contributed by atoms with E-state index in [2.05, 4.69) is 4.98 Å². The number of halogens is 1. The number of aromatic nitrogens is 1. The standard InChI is InChI=1S/C30H37ClN2O5/c1-2-30(17-34,18-35)19-38-23-10-7-21(8-11-23)28-27-24(25-15-22(31)9-12-26(25)32-27)13-14-33(28)29(36)37-16-20-5-3-4-6-20/h7-12,15,20,28,32,34-35H,2-6,13-14,16-19H2,1H3/t28-/m0/s1. The summed E-state index contributed by atoms with van der Waals surface area (Å²) < 4.78 is 11.8. The molecule has 38 heavy (non-hydrogen) atoms. The zero-order chi connectivity index (χ0) is 26.7. The van der Waals surface area contributed by atoms with Crippen LogP contribution >= 0.6 is 11.6 Å². The van der Waals surface area contributed by atoms with Crippen molar-refractivity contribution >= 4 is 28.6 Å². The van der Waals surface area contributed by atoms with Gasteiger partial charge in [-0.05, 0) is 73.1 Å². The number of carbonyl (C=O) groups excluding carboxylic acids is 1. The number of aliphatic hydroxyl groups excluding tert-OH is 2. The van der Waals surface area contributed by atoms with Crippen LogP contribution in [0.25, 0.3) is 10.9 Å². The predicted molar refractivity (Wildman–Crippen MR) is 148 cm³/mol. The van der Waals surface area contributed by atoms with E-state index in [4.69, 9.17) is 21.1 Å². The highest BCUT2D eigenvalue weighted by Gasteiger charge is 2.36. The molecule has 3 N–H and O–H groups in total. The number of aromatic amines is 1. The molecule has 0 spiro atoms. The first-order valence-corrected chi connectivity index (χ1v) is 14.0. The number of nitrogens with zero attached hydrogens (tertiary/aromatic N) is 1. The monoisotopic (exact) mass is 540 g/mol. The Morgan fingerprint density at radius 1 is 1.13 bits per heavy atom. The molecule has 2 aliphatic rings. The maximum atomic E-state index is 13.4. The Balaban J connectivity index is 1.42. The third-order valence-electron chi connectivity index (χ3n) is 8.40. The van der Waals surface area contributed by atoms with Crippen molar-refractivity contribution in [1.29, 1.82) is 0 Å². The summed E-state index contributed by atoms with van der Waals surface area (Å²) >= 11 is 6.32. The highest BCUT2D eigenvalue weighted by atomic mass is 35.5. The Labute approximate surface area is 228 Å². The topological polar surface area (TPSA) is 95.0 Å². The van der Waals surface area contributed by atoms with E-state index in [1.165, 1.54) is 18.4 Å². The summed E-state index contributed by atoms with van der Waals surface area (Å²) in [5.41, 5.74) is 3.41. The maximum absolute atomic E-state index is 13.4. The summed E-state index contributed by atoms with van der Waals surface area (Å²) in [6.07, 6.45) is 5.69. The fraction of sp³-hybridized carbons (Fsp3) is 0.500. The number of rotatable bonds is 9. The van der Waals surface area contributed by atoms with E-state index in [1.54, 1.807) is 0 Å². The van der Waals surface area contributed by atoms with Crippen LogP contribution in [-0.2, 0) is 11.2 Å². The molecule has 0 unspecified atom stereocenters. The van der Waals surface area contributed by atoms with Gasteiger partial charge in [0.15, 0.2) is 0 Å². The second-order valence-corrected chi connectivity index (χ2v) is 11.2. The lowest BCUT2D eigenvalue weighted by atomic mass is 9.88. The largest absolute Gasteiger partial charge is 0.493 e. The van der Waals surface area contributed by atoms with E-state index in [0.717, 1.165) is 35.0 Å². The van der Waals surface area contributed by atoms with Gasteiger partial charge < -0.3 is 24.7 Å². The normalized spacial score (nSPS) is 18.1. The first kappa shape index (κ1) is 26.9. The Morgan fingerprint density at radius 2 is 1.87 bits per heavy atom. The van der Waals surface area contributed by atoms with Gasteiger partial charge in [-0.3, -0.25) is 4.90 Å². The van der Waals surface area contributed by atoms with E-state index >= 15 is 0 Å². The molecule has 1 aliphatic heterocycles. The minimum Gasteiger partial charge on any atom is -0.493 e. The van der Waals surface area contributed by atoms with Crippen molar-refractivity contribution in [3.05, 3.63) is 64.3 Å². The molecule has 0 saturated heterocycles. The average Bonchev–Trinajstić information content (AvgIpc) is 3.60. The van der Waals surface area contributed by atoms with Gasteiger partial charge in [-0.1, -0.05) is 43.5 Å². The molecule has 7 nitrogen and oxygen atoms in total. The van der Waals surface area contributed by atoms with Crippen LogP contribution in [-0.4, -0.2) is 59.2 Å². The molecule has 0 radical (unpaired) electrons. The maximum Gasteiger partial charge on any atom is 0.410 e. The zero-order valence-corrected chi connectivity index (χ0v) is 22.7. The van der Waals surface area contributed by atoms with Gasteiger partial charge >= 0.3 is 6.09 Å². The van der Waals surface area contributed by atoms with Gasteiger partial charge in [-0.15, -0.1) is 0 Å². The first-order chi connectivity index (χ1) is 18.5. The Hall–Kier alpha value is -2.74. The Kier molecular flexibility index (Phi) is 8.17. The Bertz CT molecular complexity index is 1240. The molecule has 5 rings (SSSR count). The molecule has 2 aromatic carbocycles. The van der Waals surface area contributed by atoms with E-state index in [9.17, 15) is 15.0 Å². The number of benzene rings is 2. The third-order valence-corrected chi connectivity index (χ3v) is 8.64. The van der Waals surface area contributed by atoms with Gasteiger partial charge in [0.1, 0.15) is 11.8 Å². The lowest BCUT2D eigenvalue weighted by molar-refractivity contribution is 0.0114. The van der Waals surface area contributed by atoms with Crippen molar-refractivity contribution in [2.24, 2.45) is 11.3 Å². The quantitative estimate of drug-likeness (QED) is 0.316. The highest BCUT2D eigenvalue weighted by Crippen LogP contribution is 2.40. The van der Waals surface area contributed by atoms with E-state index < -0.39 is 5.41 Å². The highest BCUT2D eigenvalue weighted by molar-refractivity contribution is 6.31. The van der Waals surface area contributed by atoms with Crippen LogP contribution in [0, 0.1) is 11.3 Å². The molecule has 1 aliphatic carbocycles. The number of aliphatic hydroxyl groups is 2. The van der Waals surface area contributed by atoms with Crippen LogP contribution in [0.1, 0.15) is 61.9 Å². The summed E-state index contributed by atoms with van der Waals surface area (Å²) in [5, 5.41) is 21.2. The van der Waals surface area contributed by atoms with Gasteiger partial charge in [0, 0.05) is 28.2 Å². The molecule has 1 atom stereocenters. The summed E-state index contributed by atoms with van der Waals surface area (Å²) in [6.45, 7) is 2.86. The van der Waals surface area contributed by atoms with Crippen molar-refractivity contribution in [3.63, 3.8) is 0 Å². The molecule has 3 aromatic rings. The summed E-state index contributed by atoms with van der Waals surface area (Å²) in [4.78, 5) is 18.8. The second-order valence-electron chi connectivity index (χ2n) is 10.8. The molecular weight excluding hydrogens is 504 g/mol. The number of ether oxygens (including phenoxy) is 2. The molecular formula is C30H37ClN2O5. The molecule has 2 heterocycles. The van der Waals surface area contributed by atoms with Crippen LogP contribution in [0.3, 0.4) is 0 Å². The van der Waals surface area contributed by atoms with Crippen molar-refractivity contribution in [1.82, 2.24) is 9.88 Å². The van der Waals surface area contributed by atoms with E-state index in [-0.39, 0.29) is 32.0 Å². The van der Waals surface area contributed by atoms with Crippen LogP contribution in [0.5, 0.6) is 5.75 Å². The number of nitrogens with one attached hydrogen (secondary N) is 1. The number of H-pyrrole nitrogens is 1. The van der Waals surface area contributed by atoms with E-state index in [1.807, 2.05) is 54.3 Å². The summed E-state index contributed by atoms with van der Waals surface area (Å²) in [6, 6.07) is 13.2. The number of amides is 1. The van der Waals surface area contributed by atoms with Crippen molar-refractivity contribution in [2.75, 3.05) is 33.0 Å². The van der Waals surface area contributed by atoms with Crippen LogP contribution < -0.4 is 4.74 Å². The molecule has 1 amide bonds. The van der Waals surface area contributed by atoms with Crippen molar-refractivity contribution in [3.8, 4) is 5.75 Å². The van der Waals surface area contributed by atoms with Gasteiger partial charge in [0.05, 0.1) is 31.8 Å². The molecule has 204 valence electrons. The van der Waals surface area contributed by atoms with Gasteiger partial charge in [-0.25, -0.2) is 4.79 Å². The van der Waals surface area contributed by atoms with E-state index in [0.29, 0.717) is 42.7 Å². The van der Waals surface area contributed by atoms with Crippen molar-refractivity contribution in [2.45, 2.75) is 51.5 Å². The van der Waals surface area contributed by atoms with Gasteiger partial charge in [-0.2, -0.15) is 0 Å². The summed E-state index contributed by atoms with van der Waals surface area (Å²) in [5.74, 6) is 1.10. The van der Waals surface area contributed by atoms with Gasteiger partial charge in [0.2, 0.25) is 0 Å². The number of fused-ring (bicyclic) bond motifs is 3. The average molecular weight is 541 g/mol. The molecule has 1 saturated carbocycles. The van der Waals surface area contributed by atoms with Gasteiger partial charge in [0.25, 0.3) is 0 Å². The zero-order valence-electron chi connectivity index (χ0n) is 21.9. The van der Waals surface area contributed by atoms with Crippen LogP contribution in [0.2, 0.25) is 5.02 Å². The molecule has 0 bridgehead atoms.